The molecule has 0 amide bonds. The summed E-state index contributed by atoms with van der Waals surface area (Å²) < 4.78 is 11.0. The van der Waals surface area contributed by atoms with Crippen LogP contribution in [0.1, 0.15) is 44.2 Å². The van der Waals surface area contributed by atoms with Crippen LogP contribution in [0.15, 0.2) is 66.7 Å². The summed E-state index contributed by atoms with van der Waals surface area (Å²) in [5.41, 5.74) is 1.63. The van der Waals surface area contributed by atoms with E-state index in [0.717, 1.165) is 22.3 Å². The smallest absolute Gasteiger partial charge is 0.307 e. The van der Waals surface area contributed by atoms with Gasteiger partial charge in [0.05, 0.1) is 13.5 Å². The molecule has 0 aliphatic heterocycles. The van der Waals surface area contributed by atoms with Crippen molar-refractivity contribution >= 4 is 16.7 Å². The van der Waals surface area contributed by atoms with E-state index in [1.54, 1.807) is 7.11 Å². The highest BCUT2D eigenvalue weighted by atomic mass is 16.6. The summed E-state index contributed by atoms with van der Waals surface area (Å²) in [5, 5.41) is 2.34. The van der Waals surface area contributed by atoms with Crippen LogP contribution in [-0.4, -0.2) is 18.7 Å². The Morgan fingerprint density at radius 3 is 2.30 bits per heavy atom. The van der Waals surface area contributed by atoms with Crippen LogP contribution in [0.4, 0.5) is 0 Å². The molecule has 0 fully saturated rings. The van der Waals surface area contributed by atoms with E-state index in [1.807, 2.05) is 57.2 Å². The molecule has 0 N–H and O–H groups in total. The highest BCUT2D eigenvalue weighted by Crippen LogP contribution is 2.33. The maximum absolute atomic E-state index is 12.6. The lowest BCUT2D eigenvalue weighted by Gasteiger charge is -2.23. The van der Waals surface area contributed by atoms with E-state index in [-0.39, 0.29) is 18.3 Å². The summed E-state index contributed by atoms with van der Waals surface area (Å²) in [6.45, 7) is 5.67. The van der Waals surface area contributed by atoms with Crippen molar-refractivity contribution < 1.29 is 14.3 Å². The third-order valence-corrected chi connectivity index (χ3v) is 4.46. The second-order valence-corrected chi connectivity index (χ2v) is 7.73. The molecule has 0 heterocycles. The molecule has 27 heavy (non-hydrogen) atoms. The van der Waals surface area contributed by atoms with E-state index < -0.39 is 5.60 Å². The van der Waals surface area contributed by atoms with Gasteiger partial charge >= 0.3 is 5.97 Å². The van der Waals surface area contributed by atoms with Gasteiger partial charge in [-0.2, -0.15) is 0 Å². The van der Waals surface area contributed by atoms with Crippen LogP contribution < -0.4 is 4.74 Å². The number of fused-ring (bicyclic) bond motifs is 1. The predicted octanol–water partition coefficient (Wildman–Crippen LogP) is 5.71. The standard InChI is InChI=1S/C24H26O3/c1-24(2,3)27-23(25)16-22(19-10-7-11-21(15-19)26-4)20-13-12-17-8-5-6-9-18(17)14-20/h5-15,22H,16H2,1-4H3/t22-/m1/s1. The van der Waals surface area contributed by atoms with E-state index >= 15 is 0 Å². The van der Waals surface area contributed by atoms with Gasteiger partial charge in [0.15, 0.2) is 0 Å². The zero-order chi connectivity index (χ0) is 19.4. The topological polar surface area (TPSA) is 35.5 Å². The number of hydrogen-bond acceptors (Lipinski definition) is 3. The van der Waals surface area contributed by atoms with Crippen LogP contribution >= 0.6 is 0 Å². The summed E-state index contributed by atoms with van der Waals surface area (Å²) in [7, 11) is 1.65. The Bertz CT molecular complexity index is 938. The number of carbonyl (C=O) groups is 1. The molecule has 0 aliphatic rings. The molecule has 1 atom stereocenters. The van der Waals surface area contributed by atoms with Gasteiger partial charge in [-0.1, -0.05) is 54.6 Å². The van der Waals surface area contributed by atoms with Crippen LogP contribution in [0.5, 0.6) is 5.75 Å². The molecule has 3 nitrogen and oxygen atoms in total. The van der Waals surface area contributed by atoms with Crippen molar-refractivity contribution in [2.45, 2.75) is 38.7 Å². The molecule has 0 unspecified atom stereocenters. The van der Waals surface area contributed by atoms with Gasteiger partial charge < -0.3 is 9.47 Å². The zero-order valence-corrected chi connectivity index (χ0v) is 16.4. The van der Waals surface area contributed by atoms with Gasteiger partial charge in [-0.15, -0.1) is 0 Å². The summed E-state index contributed by atoms with van der Waals surface area (Å²) in [4.78, 5) is 12.6. The Morgan fingerprint density at radius 2 is 1.59 bits per heavy atom. The first-order valence-corrected chi connectivity index (χ1v) is 9.20. The van der Waals surface area contributed by atoms with Gasteiger partial charge in [-0.3, -0.25) is 4.79 Å². The first-order valence-electron chi connectivity index (χ1n) is 9.20. The van der Waals surface area contributed by atoms with Crippen molar-refractivity contribution in [1.29, 1.82) is 0 Å². The van der Waals surface area contributed by atoms with Crippen molar-refractivity contribution in [2.75, 3.05) is 7.11 Å². The fraction of sp³-hybridized carbons (Fsp3) is 0.292. The quantitative estimate of drug-likeness (QED) is 0.545. The fourth-order valence-electron chi connectivity index (χ4n) is 3.26. The van der Waals surface area contributed by atoms with Crippen molar-refractivity contribution in [3.8, 4) is 5.75 Å². The summed E-state index contributed by atoms with van der Waals surface area (Å²) in [6, 6.07) is 22.5. The second kappa shape index (κ2) is 7.83. The third kappa shape index (κ3) is 4.88. The van der Waals surface area contributed by atoms with Gasteiger partial charge in [0.25, 0.3) is 0 Å². The van der Waals surface area contributed by atoms with Crippen LogP contribution in [0.3, 0.4) is 0 Å². The highest BCUT2D eigenvalue weighted by Gasteiger charge is 2.23. The number of benzene rings is 3. The fourth-order valence-corrected chi connectivity index (χ4v) is 3.26. The van der Waals surface area contributed by atoms with Crippen molar-refractivity contribution in [1.82, 2.24) is 0 Å². The number of methoxy groups -OCH3 is 1. The molecule has 3 rings (SSSR count). The van der Waals surface area contributed by atoms with Gasteiger partial charge in [-0.25, -0.2) is 0 Å². The van der Waals surface area contributed by atoms with E-state index in [9.17, 15) is 4.79 Å². The lowest BCUT2D eigenvalue weighted by Crippen LogP contribution is -2.25. The molecule has 0 spiro atoms. The zero-order valence-electron chi connectivity index (χ0n) is 16.4. The predicted molar refractivity (Wildman–Crippen MR) is 109 cm³/mol. The Kier molecular flexibility index (Phi) is 5.50. The molecule has 140 valence electrons. The molecule has 3 heteroatoms. The molecule has 0 aliphatic carbocycles. The normalized spacial score (nSPS) is 12.6. The Balaban J connectivity index is 2.00. The summed E-state index contributed by atoms with van der Waals surface area (Å²) in [5.74, 6) is 0.477. The van der Waals surface area contributed by atoms with E-state index in [4.69, 9.17) is 9.47 Å². The third-order valence-electron chi connectivity index (χ3n) is 4.46. The number of carbonyl (C=O) groups excluding carboxylic acids is 1. The summed E-state index contributed by atoms with van der Waals surface area (Å²) >= 11 is 0. The largest absolute Gasteiger partial charge is 0.497 e. The van der Waals surface area contributed by atoms with Crippen molar-refractivity contribution in [3.63, 3.8) is 0 Å². The van der Waals surface area contributed by atoms with Gasteiger partial charge in [0.2, 0.25) is 0 Å². The SMILES string of the molecule is COc1cccc([C@@H](CC(=O)OC(C)(C)C)c2ccc3ccccc3c2)c1. The first-order chi connectivity index (χ1) is 12.9. The Labute approximate surface area is 160 Å². The van der Waals surface area contributed by atoms with Crippen molar-refractivity contribution in [3.05, 3.63) is 77.9 Å². The number of esters is 1. The van der Waals surface area contributed by atoms with Crippen LogP contribution in [0, 0.1) is 0 Å². The number of ether oxygens (including phenoxy) is 2. The minimum Gasteiger partial charge on any atom is -0.497 e. The molecule has 3 aromatic rings. The minimum atomic E-state index is -0.501. The first kappa shape index (κ1) is 19.0. The molecule has 0 bridgehead atoms. The minimum absolute atomic E-state index is 0.0976. The number of hydrogen-bond donors (Lipinski definition) is 0. The molecular weight excluding hydrogens is 336 g/mol. The van der Waals surface area contributed by atoms with Crippen molar-refractivity contribution in [2.24, 2.45) is 0 Å². The van der Waals surface area contributed by atoms with Gasteiger partial charge in [0.1, 0.15) is 11.4 Å². The summed E-state index contributed by atoms with van der Waals surface area (Å²) in [6.07, 6.45) is 0.281. The molecular formula is C24H26O3. The lowest BCUT2D eigenvalue weighted by molar-refractivity contribution is -0.155. The van der Waals surface area contributed by atoms with E-state index in [2.05, 4.69) is 30.3 Å². The van der Waals surface area contributed by atoms with Gasteiger partial charge in [0, 0.05) is 5.92 Å². The maximum Gasteiger partial charge on any atom is 0.307 e. The maximum atomic E-state index is 12.6. The highest BCUT2D eigenvalue weighted by molar-refractivity contribution is 5.83. The Hall–Kier alpha value is -2.81. The monoisotopic (exact) mass is 362 g/mol. The Morgan fingerprint density at radius 1 is 0.889 bits per heavy atom. The second-order valence-electron chi connectivity index (χ2n) is 7.73. The van der Waals surface area contributed by atoms with E-state index in [1.165, 1.54) is 5.39 Å². The van der Waals surface area contributed by atoms with E-state index in [0.29, 0.717) is 0 Å². The molecule has 3 aromatic carbocycles. The van der Waals surface area contributed by atoms with Crippen LogP contribution in [0.2, 0.25) is 0 Å². The van der Waals surface area contributed by atoms with Crippen LogP contribution in [0.25, 0.3) is 10.8 Å². The van der Waals surface area contributed by atoms with Crippen LogP contribution in [-0.2, 0) is 9.53 Å². The average Bonchev–Trinajstić information content (AvgIpc) is 2.64. The molecule has 0 radical (unpaired) electrons. The van der Waals surface area contributed by atoms with Gasteiger partial charge in [-0.05, 0) is 54.8 Å². The average molecular weight is 362 g/mol. The molecule has 0 aromatic heterocycles. The lowest BCUT2D eigenvalue weighted by atomic mass is 9.87. The molecule has 0 saturated carbocycles. The molecule has 0 saturated heterocycles. The number of rotatable bonds is 5.